The van der Waals surface area contributed by atoms with E-state index in [1.807, 2.05) is 24.1 Å². The molecule has 1 aromatic rings. The van der Waals surface area contributed by atoms with Crippen LogP contribution in [0, 0.1) is 0 Å². The van der Waals surface area contributed by atoms with Crippen molar-refractivity contribution >= 4 is 23.8 Å². The molecule has 1 aliphatic carbocycles. The minimum Gasteiger partial charge on any atom is -0.350 e. The fourth-order valence-electron chi connectivity index (χ4n) is 4.72. The Kier molecular flexibility index (Phi) is 6.19. The smallest absolute Gasteiger partial charge is 0.325 e. The van der Waals surface area contributed by atoms with Crippen LogP contribution in [0.1, 0.15) is 48.5 Å². The van der Waals surface area contributed by atoms with Gasteiger partial charge < -0.3 is 20.4 Å². The Labute approximate surface area is 188 Å². The van der Waals surface area contributed by atoms with Gasteiger partial charge in [-0.1, -0.05) is 25.0 Å². The van der Waals surface area contributed by atoms with Crippen LogP contribution >= 0.6 is 0 Å². The summed E-state index contributed by atoms with van der Waals surface area (Å²) in [6.07, 6.45) is 3.05. The zero-order chi connectivity index (χ0) is 22.9. The first-order valence-corrected chi connectivity index (χ1v) is 11.3. The topological polar surface area (TPSA) is 102 Å². The molecule has 0 aromatic heterocycles. The van der Waals surface area contributed by atoms with Gasteiger partial charge in [-0.05, 0) is 44.5 Å². The lowest BCUT2D eigenvalue weighted by Gasteiger charge is -2.32. The van der Waals surface area contributed by atoms with Crippen LogP contribution in [0.4, 0.5) is 4.79 Å². The van der Waals surface area contributed by atoms with Crippen LogP contribution in [-0.4, -0.2) is 83.3 Å². The summed E-state index contributed by atoms with van der Waals surface area (Å²) in [7, 11) is 2.05. The van der Waals surface area contributed by atoms with Gasteiger partial charge in [0.05, 0.1) is 0 Å². The molecule has 32 heavy (non-hydrogen) atoms. The molecule has 1 aromatic carbocycles. The molecule has 2 N–H and O–H groups in total. The summed E-state index contributed by atoms with van der Waals surface area (Å²) < 4.78 is 0. The molecule has 0 bridgehead atoms. The van der Waals surface area contributed by atoms with E-state index in [1.165, 1.54) is 0 Å². The number of urea groups is 1. The highest BCUT2D eigenvalue weighted by molar-refractivity contribution is 6.10. The van der Waals surface area contributed by atoms with Crippen molar-refractivity contribution in [3.63, 3.8) is 0 Å². The van der Waals surface area contributed by atoms with Crippen molar-refractivity contribution in [1.29, 1.82) is 0 Å². The summed E-state index contributed by atoms with van der Waals surface area (Å²) in [5, 5.41) is 5.60. The van der Waals surface area contributed by atoms with E-state index in [-0.39, 0.29) is 24.3 Å². The Bertz CT molecular complexity index is 901. The average Bonchev–Trinajstić information content (AvgIpc) is 3.36. The zero-order valence-corrected chi connectivity index (χ0v) is 18.7. The van der Waals surface area contributed by atoms with Gasteiger partial charge >= 0.3 is 6.03 Å². The number of carbonyl (C=O) groups excluding carboxylic acids is 4. The van der Waals surface area contributed by atoms with Crippen LogP contribution in [-0.2, 0) is 16.1 Å². The lowest BCUT2D eigenvalue weighted by molar-refractivity contribution is -0.137. The average molecular weight is 442 g/mol. The van der Waals surface area contributed by atoms with E-state index in [1.54, 1.807) is 19.1 Å². The Morgan fingerprint density at radius 2 is 1.69 bits per heavy atom. The second kappa shape index (κ2) is 8.90. The summed E-state index contributed by atoms with van der Waals surface area (Å²) in [6, 6.07) is 5.79. The lowest BCUT2D eigenvalue weighted by Crippen LogP contribution is -2.49. The quantitative estimate of drug-likeness (QED) is 0.663. The van der Waals surface area contributed by atoms with Crippen molar-refractivity contribution in [3.05, 3.63) is 35.4 Å². The fraction of sp³-hybridized carbons (Fsp3) is 0.565. The maximum atomic E-state index is 12.8. The molecule has 0 radical (unpaired) electrons. The van der Waals surface area contributed by atoms with E-state index in [0.717, 1.165) is 49.5 Å². The van der Waals surface area contributed by atoms with E-state index < -0.39 is 17.6 Å². The molecule has 9 heteroatoms. The summed E-state index contributed by atoms with van der Waals surface area (Å²) >= 11 is 0. The molecule has 5 amide bonds. The molecule has 1 saturated carbocycles. The molecule has 9 nitrogen and oxygen atoms in total. The summed E-state index contributed by atoms with van der Waals surface area (Å²) in [6.45, 7) is 4.99. The van der Waals surface area contributed by atoms with Crippen molar-refractivity contribution in [2.45, 2.75) is 50.7 Å². The molecule has 2 saturated heterocycles. The minimum absolute atomic E-state index is 0.0155. The minimum atomic E-state index is -0.888. The second-order valence-electron chi connectivity index (χ2n) is 9.08. The number of amides is 5. The Morgan fingerprint density at radius 1 is 1.06 bits per heavy atom. The van der Waals surface area contributed by atoms with Crippen LogP contribution in [0.2, 0.25) is 0 Å². The van der Waals surface area contributed by atoms with Gasteiger partial charge in [-0.15, -0.1) is 0 Å². The van der Waals surface area contributed by atoms with Gasteiger partial charge in [0.1, 0.15) is 11.6 Å². The van der Waals surface area contributed by atoms with Crippen molar-refractivity contribution in [2.24, 2.45) is 0 Å². The summed E-state index contributed by atoms with van der Waals surface area (Å²) in [5.74, 6) is -0.669. The van der Waals surface area contributed by atoms with Gasteiger partial charge in [-0.3, -0.25) is 14.4 Å². The number of benzene rings is 1. The maximum Gasteiger partial charge on any atom is 0.325 e. The number of imide groups is 1. The van der Waals surface area contributed by atoms with Gasteiger partial charge in [-0.2, -0.15) is 0 Å². The van der Waals surface area contributed by atoms with E-state index in [9.17, 15) is 19.2 Å². The molecule has 3 aliphatic rings. The highest BCUT2D eigenvalue weighted by atomic mass is 16.2. The monoisotopic (exact) mass is 441 g/mol. The number of rotatable bonds is 5. The summed E-state index contributed by atoms with van der Waals surface area (Å²) in [4.78, 5) is 55.6. The zero-order valence-electron chi connectivity index (χ0n) is 18.7. The van der Waals surface area contributed by atoms with Gasteiger partial charge in [0.25, 0.3) is 11.8 Å². The molecule has 3 fully saturated rings. The first-order valence-electron chi connectivity index (χ1n) is 11.3. The Morgan fingerprint density at radius 3 is 2.31 bits per heavy atom. The molecule has 4 rings (SSSR count). The third kappa shape index (κ3) is 4.21. The van der Waals surface area contributed by atoms with Crippen LogP contribution in [0.3, 0.4) is 0 Å². The fourth-order valence-corrected chi connectivity index (χ4v) is 4.72. The Hall–Kier alpha value is -2.94. The number of nitrogens with one attached hydrogen (secondary N) is 2. The standard InChI is InChI=1S/C23H31N5O4/c1-16(28-21(31)23(25-22(28)32)9-3-4-10-23)19(29)24-15-17-5-7-18(8-6-17)20(30)27-13-11-26(2)12-14-27/h5-8,16H,3-4,9-15H2,1-2H3,(H,24,29)(H,25,32). The van der Waals surface area contributed by atoms with E-state index in [0.29, 0.717) is 18.4 Å². The highest BCUT2D eigenvalue weighted by Crippen LogP contribution is 2.35. The third-order valence-electron chi connectivity index (χ3n) is 6.88. The Balaban J connectivity index is 1.31. The number of likely N-dealkylation sites (N-methyl/N-ethyl adjacent to an activating group) is 1. The van der Waals surface area contributed by atoms with Crippen LogP contribution in [0.15, 0.2) is 24.3 Å². The van der Waals surface area contributed by atoms with Gasteiger partial charge in [0, 0.05) is 38.3 Å². The lowest BCUT2D eigenvalue weighted by atomic mass is 9.97. The number of carbonyl (C=O) groups is 4. The second-order valence-corrected chi connectivity index (χ2v) is 9.08. The molecule has 1 spiro atoms. The SMILES string of the molecule is CC(C(=O)NCc1ccc(C(=O)N2CCN(C)CC2)cc1)N1C(=O)NC2(CCCC2)C1=O. The molecule has 1 unspecified atom stereocenters. The third-order valence-corrected chi connectivity index (χ3v) is 6.88. The predicted molar refractivity (Wildman–Crippen MR) is 118 cm³/mol. The molecular formula is C23H31N5O4. The summed E-state index contributed by atoms with van der Waals surface area (Å²) in [5.41, 5.74) is 0.640. The van der Waals surface area contributed by atoms with E-state index in [4.69, 9.17) is 0 Å². The van der Waals surface area contributed by atoms with Crippen molar-refractivity contribution in [1.82, 2.24) is 25.3 Å². The molecule has 1 atom stereocenters. The first kappa shape index (κ1) is 22.3. The van der Waals surface area contributed by atoms with Crippen LogP contribution in [0.5, 0.6) is 0 Å². The largest absolute Gasteiger partial charge is 0.350 e. The number of hydrogen-bond acceptors (Lipinski definition) is 5. The molecule has 172 valence electrons. The van der Waals surface area contributed by atoms with Crippen molar-refractivity contribution in [2.75, 3.05) is 33.2 Å². The maximum absolute atomic E-state index is 12.8. The molecule has 2 aliphatic heterocycles. The van der Waals surface area contributed by atoms with Crippen molar-refractivity contribution < 1.29 is 19.2 Å². The normalized spacial score (nSPS) is 21.7. The number of nitrogens with zero attached hydrogens (tertiary/aromatic N) is 3. The van der Waals surface area contributed by atoms with Crippen molar-refractivity contribution in [3.8, 4) is 0 Å². The first-order chi connectivity index (χ1) is 15.3. The predicted octanol–water partition coefficient (Wildman–Crippen LogP) is 0.944. The van der Waals surface area contributed by atoms with Gasteiger partial charge in [0.2, 0.25) is 5.91 Å². The van der Waals surface area contributed by atoms with Crippen LogP contribution < -0.4 is 10.6 Å². The molecular weight excluding hydrogens is 410 g/mol. The van der Waals surface area contributed by atoms with Crippen LogP contribution in [0.25, 0.3) is 0 Å². The molecule has 2 heterocycles. The van der Waals surface area contributed by atoms with E-state index in [2.05, 4.69) is 15.5 Å². The number of piperazine rings is 1. The van der Waals surface area contributed by atoms with Gasteiger partial charge in [0.15, 0.2) is 0 Å². The van der Waals surface area contributed by atoms with E-state index >= 15 is 0 Å². The highest BCUT2D eigenvalue weighted by Gasteiger charge is 2.54. The van der Waals surface area contributed by atoms with Gasteiger partial charge in [-0.25, -0.2) is 9.69 Å². The number of hydrogen-bond donors (Lipinski definition) is 2.